The molecule has 0 saturated carbocycles. The first kappa shape index (κ1) is 30.5. The molecule has 2 atom stereocenters. The highest BCUT2D eigenvalue weighted by Gasteiger charge is 2.35. The number of benzene rings is 2. The van der Waals surface area contributed by atoms with Crippen molar-refractivity contribution in [2.24, 2.45) is 0 Å². The molecule has 2 aromatic heterocycles. The number of pyridine rings is 2. The number of rotatable bonds is 8. The van der Waals surface area contributed by atoms with Crippen molar-refractivity contribution in [2.45, 2.75) is 36.4 Å². The Kier molecular flexibility index (Phi) is 8.42. The normalized spacial score (nSPS) is 17.7. The maximum absolute atomic E-state index is 14.7. The molecule has 2 aromatic carbocycles. The largest absolute Gasteiger partial charge is 0.491 e. The zero-order chi connectivity index (χ0) is 31.7. The van der Waals surface area contributed by atoms with E-state index in [-0.39, 0.29) is 24.8 Å². The summed E-state index contributed by atoms with van der Waals surface area (Å²) in [5.74, 6) is -0.381. The van der Waals surface area contributed by atoms with Gasteiger partial charge < -0.3 is 29.2 Å². The zero-order valence-electron chi connectivity index (χ0n) is 24.5. The number of aromatic nitrogens is 2. The Labute approximate surface area is 258 Å². The van der Waals surface area contributed by atoms with E-state index >= 15 is 0 Å². The molecule has 6 rings (SSSR count). The van der Waals surface area contributed by atoms with Crippen LogP contribution in [0.15, 0.2) is 59.6 Å². The summed E-state index contributed by atoms with van der Waals surface area (Å²) >= 11 is 0. The first-order valence-electron chi connectivity index (χ1n) is 14.2. The van der Waals surface area contributed by atoms with Crippen LogP contribution in [-0.2, 0) is 21.1 Å². The van der Waals surface area contributed by atoms with Crippen molar-refractivity contribution in [3.05, 3.63) is 71.8 Å². The Balaban J connectivity index is 1.21. The number of carbonyl (C=O) groups excluding carboxylic acids is 1. The van der Waals surface area contributed by atoms with Gasteiger partial charge in [0.1, 0.15) is 35.4 Å². The molecule has 0 unspecified atom stereocenters. The molecule has 236 valence electrons. The van der Waals surface area contributed by atoms with Crippen LogP contribution in [0.3, 0.4) is 0 Å². The molecule has 2 aliphatic rings. The standard InChI is InChI=1S/C31H30F2N4O7S/c1-18(41-2)17-44-22-4-5-26-25(14-22)37(8-10-42-26)29-6-3-19-15-34-21(13-24(19)36-29)16-35-31(38)20-11-23(32)30-27(12-20)45(39,40)28(33)7-9-43-30/h3-6,11-15,18,28H,7-10,16-17H2,1-2H3,(H,35,38)/t18-,28-/m1/s1. The summed E-state index contributed by atoms with van der Waals surface area (Å²) in [6.07, 6.45) is 1.11. The van der Waals surface area contributed by atoms with Crippen LogP contribution < -0.4 is 24.4 Å². The molecule has 4 heterocycles. The number of hydrogen-bond donors (Lipinski definition) is 1. The van der Waals surface area contributed by atoms with Crippen LogP contribution in [0.5, 0.6) is 17.2 Å². The van der Waals surface area contributed by atoms with Crippen molar-refractivity contribution >= 4 is 38.2 Å². The minimum Gasteiger partial charge on any atom is -0.491 e. The summed E-state index contributed by atoms with van der Waals surface area (Å²) in [5, 5.41) is 3.38. The summed E-state index contributed by atoms with van der Waals surface area (Å²) in [6.45, 7) is 2.96. The number of nitrogens with zero attached hydrogens (tertiary/aromatic N) is 3. The van der Waals surface area contributed by atoms with Gasteiger partial charge in [-0.2, -0.15) is 0 Å². The van der Waals surface area contributed by atoms with E-state index in [1.807, 2.05) is 42.2 Å². The predicted octanol–water partition coefficient (Wildman–Crippen LogP) is 4.49. The summed E-state index contributed by atoms with van der Waals surface area (Å²) in [6, 6.07) is 12.9. The third-order valence-corrected chi connectivity index (χ3v) is 9.33. The Hall–Kier alpha value is -4.56. The van der Waals surface area contributed by atoms with Crippen LogP contribution in [-0.4, -0.2) is 69.4 Å². The number of carbonyl (C=O) groups is 1. The van der Waals surface area contributed by atoms with Gasteiger partial charge in [-0.25, -0.2) is 22.2 Å². The van der Waals surface area contributed by atoms with E-state index in [0.29, 0.717) is 48.3 Å². The molecule has 0 spiro atoms. The van der Waals surface area contributed by atoms with E-state index in [4.69, 9.17) is 23.9 Å². The second-order valence-corrected chi connectivity index (χ2v) is 12.6. The molecule has 2 aliphatic heterocycles. The average molecular weight is 641 g/mol. The lowest BCUT2D eigenvalue weighted by Crippen LogP contribution is -2.29. The van der Waals surface area contributed by atoms with Crippen molar-refractivity contribution in [1.82, 2.24) is 15.3 Å². The van der Waals surface area contributed by atoms with Crippen LogP contribution in [0.4, 0.5) is 20.3 Å². The topological polar surface area (TPSA) is 129 Å². The van der Waals surface area contributed by atoms with Crippen LogP contribution in [0, 0.1) is 5.82 Å². The van der Waals surface area contributed by atoms with Gasteiger partial charge in [0.05, 0.1) is 42.7 Å². The molecule has 0 saturated heterocycles. The van der Waals surface area contributed by atoms with Crippen molar-refractivity contribution in [3.8, 4) is 17.2 Å². The minimum atomic E-state index is -4.53. The summed E-state index contributed by atoms with van der Waals surface area (Å²) < 4.78 is 76.2. The summed E-state index contributed by atoms with van der Waals surface area (Å²) in [7, 11) is -2.90. The third kappa shape index (κ3) is 6.20. The highest BCUT2D eigenvalue weighted by molar-refractivity contribution is 7.92. The van der Waals surface area contributed by atoms with Crippen LogP contribution in [0.1, 0.15) is 29.4 Å². The van der Waals surface area contributed by atoms with Gasteiger partial charge in [0.25, 0.3) is 5.91 Å². The fourth-order valence-corrected chi connectivity index (χ4v) is 6.36. The SMILES string of the molecule is CO[C@H](C)COc1ccc2c(c1)N(c1ccc3cnc(CNC(=O)c4cc(F)c5c(c4)S(=O)(=O)[C@@H](F)CCO5)cc3n1)CCO2. The van der Waals surface area contributed by atoms with Gasteiger partial charge in [-0.1, -0.05) is 0 Å². The van der Waals surface area contributed by atoms with Gasteiger partial charge in [0.2, 0.25) is 15.3 Å². The molecule has 0 radical (unpaired) electrons. The first-order chi connectivity index (χ1) is 21.6. The van der Waals surface area contributed by atoms with Gasteiger partial charge >= 0.3 is 0 Å². The van der Waals surface area contributed by atoms with E-state index in [1.54, 1.807) is 19.4 Å². The number of alkyl halides is 1. The summed E-state index contributed by atoms with van der Waals surface area (Å²) in [4.78, 5) is 23.5. The molecule has 45 heavy (non-hydrogen) atoms. The molecule has 14 heteroatoms. The van der Waals surface area contributed by atoms with Gasteiger partial charge in [0.15, 0.2) is 11.6 Å². The maximum atomic E-state index is 14.7. The Bertz CT molecular complexity index is 1870. The maximum Gasteiger partial charge on any atom is 0.251 e. The van der Waals surface area contributed by atoms with E-state index in [1.165, 1.54) is 0 Å². The van der Waals surface area contributed by atoms with Crippen molar-refractivity contribution in [2.75, 3.05) is 38.4 Å². The Morgan fingerprint density at radius 2 is 2.00 bits per heavy atom. The van der Waals surface area contributed by atoms with E-state index in [0.717, 1.165) is 23.2 Å². The number of ether oxygens (including phenoxy) is 4. The molecule has 11 nitrogen and oxygen atoms in total. The van der Waals surface area contributed by atoms with Crippen LogP contribution in [0.2, 0.25) is 0 Å². The number of sulfone groups is 1. The van der Waals surface area contributed by atoms with Crippen molar-refractivity contribution < 1.29 is 40.9 Å². The lowest BCUT2D eigenvalue weighted by Gasteiger charge is -2.31. The van der Waals surface area contributed by atoms with Gasteiger partial charge in [-0.05, 0) is 49.4 Å². The first-order valence-corrected chi connectivity index (χ1v) is 15.8. The van der Waals surface area contributed by atoms with Crippen LogP contribution >= 0.6 is 0 Å². The Morgan fingerprint density at radius 1 is 1.16 bits per heavy atom. The number of methoxy groups -OCH3 is 1. The van der Waals surface area contributed by atoms with E-state index in [9.17, 15) is 22.0 Å². The van der Waals surface area contributed by atoms with Crippen LogP contribution in [0.25, 0.3) is 10.9 Å². The highest BCUT2D eigenvalue weighted by atomic mass is 32.2. The molecule has 1 amide bonds. The predicted molar refractivity (Wildman–Crippen MR) is 160 cm³/mol. The zero-order valence-corrected chi connectivity index (χ0v) is 25.3. The average Bonchev–Trinajstić information content (AvgIpc) is 3.16. The number of fused-ring (bicyclic) bond motifs is 3. The van der Waals surface area contributed by atoms with Crippen molar-refractivity contribution in [1.29, 1.82) is 0 Å². The number of nitrogens with one attached hydrogen (secondary N) is 1. The number of anilines is 2. The number of halogens is 2. The second kappa shape index (κ2) is 12.4. The molecular weight excluding hydrogens is 610 g/mol. The molecule has 0 fully saturated rings. The fraction of sp³-hybridized carbons (Fsp3) is 0.323. The highest BCUT2D eigenvalue weighted by Crippen LogP contribution is 2.39. The van der Waals surface area contributed by atoms with Gasteiger partial charge in [-0.15, -0.1) is 0 Å². The number of amides is 1. The lowest BCUT2D eigenvalue weighted by atomic mass is 10.2. The lowest BCUT2D eigenvalue weighted by molar-refractivity contribution is 0.0716. The minimum absolute atomic E-state index is 0.0602. The molecule has 1 N–H and O–H groups in total. The smallest absolute Gasteiger partial charge is 0.251 e. The molecule has 0 aliphatic carbocycles. The molecule has 0 bridgehead atoms. The van der Waals surface area contributed by atoms with Crippen molar-refractivity contribution in [3.63, 3.8) is 0 Å². The van der Waals surface area contributed by atoms with E-state index in [2.05, 4.69) is 10.3 Å². The third-order valence-electron chi connectivity index (χ3n) is 7.51. The molecular formula is C31H30F2N4O7S. The molecule has 4 aromatic rings. The number of hydrogen-bond acceptors (Lipinski definition) is 10. The summed E-state index contributed by atoms with van der Waals surface area (Å²) in [5.41, 5.74) is -0.673. The monoisotopic (exact) mass is 640 g/mol. The quantitative estimate of drug-likeness (QED) is 0.294. The fourth-order valence-electron chi connectivity index (χ4n) is 4.97. The van der Waals surface area contributed by atoms with E-state index < -0.39 is 44.1 Å². The van der Waals surface area contributed by atoms with Gasteiger partial charge in [-0.3, -0.25) is 9.78 Å². The van der Waals surface area contributed by atoms with Gasteiger partial charge in [0, 0.05) is 36.7 Å². The Morgan fingerprint density at radius 3 is 2.82 bits per heavy atom. The second-order valence-electron chi connectivity index (χ2n) is 10.6.